The van der Waals surface area contributed by atoms with E-state index in [0.717, 1.165) is 6.54 Å². The van der Waals surface area contributed by atoms with Crippen molar-refractivity contribution in [2.24, 2.45) is 11.3 Å². The molecule has 1 N–H and O–H groups in total. The van der Waals surface area contributed by atoms with E-state index in [-0.39, 0.29) is 0 Å². The molecule has 0 aliphatic heterocycles. The molecule has 0 amide bonds. The van der Waals surface area contributed by atoms with Crippen LogP contribution < -0.4 is 5.32 Å². The summed E-state index contributed by atoms with van der Waals surface area (Å²) in [7, 11) is 0. The van der Waals surface area contributed by atoms with Gasteiger partial charge >= 0.3 is 0 Å². The largest absolute Gasteiger partial charge is 0.311 e. The van der Waals surface area contributed by atoms with Gasteiger partial charge in [-0.25, -0.2) is 0 Å². The third kappa shape index (κ3) is 4.55. The number of hydrogen-bond acceptors (Lipinski definition) is 1. The molecule has 72 valence electrons. The molecule has 0 aromatic rings. The van der Waals surface area contributed by atoms with Crippen LogP contribution in [0.1, 0.15) is 34.6 Å². The van der Waals surface area contributed by atoms with E-state index >= 15 is 0 Å². The maximum Gasteiger partial charge on any atom is 0.0219 e. The minimum atomic E-state index is 0.397. The monoisotopic (exact) mass is 169 g/mol. The van der Waals surface area contributed by atoms with Gasteiger partial charge in [0.1, 0.15) is 0 Å². The lowest BCUT2D eigenvalue weighted by atomic mass is 9.82. The zero-order valence-electron chi connectivity index (χ0n) is 9.15. The molecule has 0 fully saturated rings. The van der Waals surface area contributed by atoms with Gasteiger partial charge in [-0.2, -0.15) is 0 Å². The quantitative estimate of drug-likeness (QED) is 0.638. The Balaban J connectivity index is 3.71. The third-order valence-electron chi connectivity index (χ3n) is 2.58. The van der Waals surface area contributed by atoms with Crippen molar-refractivity contribution in [1.29, 1.82) is 0 Å². The van der Waals surface area contributed by atoms with E-state index in [0.29, 0.717) is 17.4 Å². The molecule has 0 rings (SSSR count). The first-order valence-corrected chi connectivity index (χ1v) is 4.74. The molecule has 0 saturated carbocycles. The van der Waals surface area contributed by atoms with Gasteiger partial charge in [-0.1, -0.05) is 33.8 Å². The lowest BCUT2D eigenvalue weighted by Crippen LogP contribution is -2.33. The van der Waals surface area contributed by atoms with Gasteiger partial charge in [0.2, 0.25) is 0 Å². The molecule has 0 aromatic carbocycles. The Morgan fingerprint density at radius 2 is 1.83 bits per heavy atom. The van der Waals surface area contributed by atoms with Gasteiger partial charge < -0.3 is 5.32 Å². The van der Waals surface area contributed by atoms with Crippen molar-refractivity contribution < 1.29 is 0 Å². The number of rotatable bonds is 4. The predicted molar refractivity (Wildman–Crippen MR) is 56.3 cm³/mol. The summed E-state index contributed by atoms with van der Waals surface area (Å²) in [5.41, 5.74) is 0.397. The Labute approximate surface area is 77.2 Å². The average Bonchev–Trinajstić information content (AvgIpc) is 1.97. The molecular weight excluding hydrogens is 146 g/mol. The zero-order chi connectivity index (χ0) is 9.78. The molecule has 1 heteroatoms. The molecule has 12 heavy (non-hydrogen) atoms. The molecular formula is C11H23N. The molecule has 0 aliphatic rings. The second-order valence-corrected chi connectivity index (χ2v) is 4.70. The SMILES string of the molecule is C=CC(C)NCC(C)C(C)(C)C. The summed E-state index contributed by atoms with van der Waals surface area (Å²) in [5.74, 6) is 0.694. The second kappa shape index (κ2) is 4.66. The summed E-state index contributed by atoms with van der Waals surface area (Å²) in [6, 6.07) is 0.426. The molecule has 0 aromatic heterocycles. The Bertz CT molecular complexity index is 132. The Hall–Kier alpha value is -0.300. The van der Waals surface area contributed by atoms with Crippen molar-refractivity contribution in [3.63, 3.8) is 0 Å². The maximum atomic E-state index is 3.74. The number of hydrogen-bond donors (Lipinski definition) is 1. The van der Waals surface area contributed by atoms with Crippen LogP contribution in [0, 0.1) is 11.3 Å². The van der Waals surface area contributed by atoms with Crippen LogP contribution in [0.3, 0.4) is 0 Å². The summed E-state index contributed by atoms with van der Waals surface area (Å²) in [6.45, 7) is 16.0. The molecule has 2 atom stereocenters. The second-order valence-electron chi connectivity index (χ2n) is 4.70. The van der Waals surface area contributed by atoms with Gasteiger partial charge in [0.05, 0.1) is 0 Å². The fraction of sp³-hybridized carbons (Fsp3) is 0.818. The van der Waals surface area contributed by atoms with Gasteiger partial charge in [-0.05, 0) is 24.8 Å². The van der Waals surface area contributed by atoms with Gasteiger partial charge in [0, 0.05) is 6.04 Å². The zero-order valence-corrected chi connectivity index (χ0v) is 9.15. The topological polar surface area (TPSA) is 12.0 Å². The lowest BCUT2D eigenvalue weighted by Gasteiger charge is -2.28. The van der Waals surface area contributed by atoms with E-state index in [1.165, 1.54) is 0 Å². The first-order valence-electron chi connectivity index (χ1n) is 4.74. The van der Waals surface area contributed by atoms with E-state index in [1.807, 2.05) is 6.08 Å². The van der Waals surface area contributed by atoms with Crippen LogP contribution in [-0.4, -0.2) is 12.6 Å². The predicted octanol–water partition coefficient (Wildman–Crippen LogP) is 2.83. The molecule has 0 saturated heterocycles. The fourth-order valence-corrected chi connectivity index (χ4v) is 0.752. The van der Waals surface area contributed by atoms with Gasteiger partial charge in [0.15, 0.2) is 0 Å². The Morgan fingerprint density at radius 3 is 2.17 bits per heavy atom. The molecule has 0 bridgehead atoms. The molecule has 0 aliphatic carbocycles. The number of nitrogens with one attached hydrogen (secondary N) is 1. The molecule has 2 unspecified atom stereocenters. The molecule has 1 nitrogen and oxygen atoms in total. The van der Waals surface area contributed by atoms with E-state index in [2.05, 4.69) is 46.5 Å². The van der Waals surface area contributed by atoms with Crippen molar-refractivity contribution in [3.8, 4) is 0 Å². The lowest BCUT2D eigenvalue weighted by molar-refractivity contribution is 0.250. The summed E-state index contributed by atoms with van der Waals surface area (Å²) >= 11 is 0. The van der Waals surface area contributed by atoms with Gasteiger partial charge in [0.25, 0.3) is 0 Å². The van der Waals surface area contributed by atoms with Crippen LogP contribution >= 0.6 is 0 Å². The van der Waals surface area contributed by atoms with Crippen LogP contribution in [0.15, 0.2) is 12.7 Å². The fourth-order valence-electron chi connectivity index (χ4n) is 0.752. The molecule has 0 spiro atoms. The van der Waals surface area contributed by atoms with Crippen LogP contribution in [0.5, 0.6) is 0 Å². The third-order valence-corrected chi connectivity index (χ3v) is 2.58. The van der Waals surface area contributed by atoms with Crippen molar-refractivity contribution >= 4 is 0 Å². The normalized spacial score (nSPS) is 17.1. The van der Waals surface area contributed by atoms with Crippen LogP contribution in [0.2, 0.25) is 0 Å². The highest BCUT2D eigenvalue weighted by molar-refractivity contribution is 4.83. The van der Waals surface area contributed by atoms with Gasteiger partial charge in [-0.15, -0.1) is 6.58 Å². The minimum Gasteiger partial charge on any atom is -0.311 e. The summed E-state index contributed by atoms with van der Waals surface area (Å²) in [6.07, 6.45) is 1.94. The van der Waals surface area contributed by atoms with Crippen molar-refractivity contribution in [3.05, 3.63) is 12.7 Å². The average molecular weight is 169 g/mol. The summed E-state index contributed by atoms with van der Waals surface area (Å²) < 4.78 is 0. The van der Waals surface area contributed by atoms with E-state index in [4.69, 9.17) is 0 Å². The standard InChI is InChI=1S/C11H23N/c1-7-10(3)12-8-9(2)11(4,5)6/h7,9-10,12H,1,8H2,2-6H3. The highest BCUT2D eigenvalue weighted by Crippen LogP contribution is 2.24. The van der Waals surface area contributed by atoms with Crippen LogP contribution in [0.25, 0.3) is 0 Å². The maximum absolute atomic E-state index is 3.74. The van der Waals surface area contributed by atoms with Crippen molar-refractivity contribution in [2.75, 3.05) is 6.54 Å². The minimum absolute atomic E-state index is 0.397. The van der Waals surface area contributed by atoms with Crippen LogP contribution in [0.4, 0.5) is 0 Å². The van der Waals surface area contributed by atoms with Crippen molar-refractivity contribution in [1.82, 2.24) is 5.32 Å². The smallest absolute Gasteiger partial charge is 0.0219 e. The highest BCUT2D eigenvalue weighted by Gasteiger charge is 2.19. The highest BCUT2D eigenvalue weighted by atomic mass is 14.9. The first kappa shape index (κ1) is 11.7. The molecule has 0 radical (unpaired) electrons. The van der Waals surface area contributed by atoms with Crippen LogP contribution in [-0.2, 0) is 0 Å². The van der Waals surface area contributed by atoms with Crippen molar-refractivity contribution in [2.45, 2.75) is 40.7 Å². The van der Waals surface area contributed by atoms with E-state index < -0.39 is 0 Å². The first-order chi connectivity index (χ1) is 5.38. The Kier molecular flexibility index (Phi) is 4.54. The van der Waals surface area contributed by atoms with Gasteiger partial charge in [-0.3, -0.25) is 0 Å². The summed E-state index contributed by atoms with van der Waals surface area (Å²) in [5, 5.41) is 3.42. The Morgan fingerprint density at radius 1 is 1.33 bits per heavy atom. The van der Waals surface area contributed by atoms with E-state index in [1.54, 1.807) is 0 Å². The van der Waals surface area contributed by atoms with E-state index in [9.17, 15) is 0 Å². The molecule has 0 heterocycles. The summed E-state index contributed by atoms with van der Waals surface area (Å²) in [4.78, 5) is 0.